The van der Waals surface area contributed by atoms with Crippen molar-refractivity contribution in [1.82, 2.24) is 9.80 Å². The number of unbranched alkanes of at least 4 members (excludes halogenated alkanes) is 60. The lowest BCUT2D eigenvalue weighted by Crippen LogP contribution is -2.47. The SMILES string of the molecule is CCCCCCCCCCCCCCCCCCC(CCCCCCCCCCCCCCCCCC)N1C(=O)c2ccc3c4ccc5c6c(ccc(c7ccc(c2c37)C1=O)c64)C(=O)N(C(CCCCCCCCCCCCCCCCCC)CCCCCCCCCCCCCCCCCC)C5=O. The Labute approximate surface area is 639 Å². The normalized spacial score (nSPS) is 13.3. The van der Waals surface area contributed by atoms with E-state index in [9.17, 15) is 0 Å². The van der Waals surface area contributed by atoms with Crippen LogP contribution in [0.1, 0.15) is 506 Å². The molecular weight excluding hydrogens is 1270 g/mol. The summed E-state index contributed by atoms with van der Waals surface area (Å²) in [5.74, 6) is -0.592. The molecule has 0 unspecified atom stereocenters. The average Bonchev–Trinajstić information content (AvgIpc) is 0.691. The molecule has 2 aliphatic rings. The summed E-state index contributed by atoms with van der Waals surface area (Å²) in [7, 11) is 0. The fourth-order valence-electron chi connectivity index (χ4n) is 18.5. The molecule has 584 valence electrons. The molecule has 0 bridgehead atoms. The molecule has 7 rings (SSSR count). The van der Waals surface area contributed by atoms with Crippen LogP contribution in [0, 0.1) is 0 Å². The third-order valence-corrected chi connectivity index (χ3v) is 25.0. The van der Waals surface area contributed by atoms with Crippen LogP contribution in [0.2, 0.25) is 0 Å². The van der Waals surface area contributed by atoms with Crippen LogP contribution in [-0.4, -0.2) is 45.5 Å². The van der Waals surface area contributed by atoms with Crippen molar-refractivity contribution in [3.63, 3.8) is 0 Å². The highest BCUT2D eigenvalue weighted by Crippen LogP contribution is 2.47. The number of hydrogen-bond donors (Lipinski definition) is 0. The molecule has 104 heavy (non-hydrogen) atoms. The standard InChI is InChI=1S/C98H158N2O4/c1-5-9-13-17-21-25-29-33-37-41-45-49-53-57-61-65-69-81(70-66-62-58-54-50-46-42-38-34-30-26-22-18-14-10-6-2)99-95(101)87-77-73-83-85-75-79-89-94-90(80-76-86(92(85)94)84-74-78-88(96(99)102)93(87)91(83)84)98(104)100(97(89)103)82(71-67-63-59-55-51-47-43-39-35-31-27-23-19-15-11-7-3)72-68-64-60-56-52-48-44-40-36-32-28-24-20-16-12-8-4/h73-82H,5-72H2,1-4H3. The van der Waals surface area contributed by atoms with E-state index in [2.05, 4.69) is 52.0 Å². The van der Waals surface area contributed by atoms with Gasteiger partial charge in [0, 0.05) is 45.1 Å². The fraction of sp³-hybridized carbons (Fsp3) is 0.755. The van der Waals surface area contributed by atoms with Gasteiger partial charge in [-0.05, 0) is 82.3 Å². The number of carbonyl (C=O) groups is 4. The molecule has 0 fully saturated rings. The van der Waals surface area contributed by atoms with Gasteiger partial charge in [-0.25, -0.2) is 0 Å². The molecule has 4 amide bonds. The van der Waals surface area contributed by atoms with Gasteiger partial charge in [0.25, 0.3) is 23.6 Å². The first-order valence-corrected chi connectivity index (χ1v) is 46.3. The second-order valence-corrected chi connectivity index (χ2v) is 33.8. The molecule has 0 N–H and O–H groups in total. The predicted octanol–water partition coefficient (Wildman–Crippen LogP) is 32.3. The Kier molecular flexibility index (Phi) is 45.4. The molecule has 0 spiro atoms. The van der Waals surface area contributed by atoms with Crippen molar-refractivity contribution in [2.45, 2.75) is 476 Å². The average molecular weight is 1430 g/mol. The van der Waals surface area contributed by atoms with E-state index in [4.69, 9.17) is 0 Å². The number of fused-ring (bicyclic) bond motifs is 2. The summed E-state index contributed by atoms with van der Waals surface area (Å²) in [6.07, 6.45) is 88.2. The van der Waals surface area contributed by atoms with Crippen LogP contribution >= 0.6 is 0 Å². The van der Waals surface area contributed by atoms with Crippen LogP contribution in [0.15, 0.2) is 48.5 Å². The zero-order valence-electron chi connectivity index (χ0n) is 68.4. The first kappa shape index (κ1) is 86.9. The van der Waals surface area contributed by atoms with E-state index in [-0.39, 0.29) is 35.7 Å². The molecule has 5 aromatic carbocycles. The van der Waals surface area contributed by atoms with Crippen molar-refractivity contribution in [2.75, 3.05) is 0 Å². The van der Waals surface area contributed by atoms with Gasteiger partial charge in [-0.2, -0.15) is 0 Å². The van der Waals surface area contributed by atoms with Crippen molar-refractivity contribution in [2.24, 2.45) is 0 Å². The van der Waals surface area contributed by atoms with Gasteiger partial charge < -0.3 is 0 Å². The van der Waals surface area contributed by atoms with Crippen molar-refractivity contribution in [3.8, 4) is 0 Å². The number of rotatable bonds is 70. The zero-order chi connectivity index (χ0) is 73.3. The molecule has 0 atom stereocenters. The molecule has 6 nitrogen and oxygen atoms in total. The van der Waals surface area contributed by atoms with Gasteiger partial charge >= 0.3 is 0 Å². The third kappa shape index (κ3) is 29.6. The van der Waals surface area contributed by atoms with Crippen LogP contribution in [0.4, 0.5) is 0 Å². The summed E-state index contributed by atoms with van der Waals surface area (Å²) < 4.78 is 0. The Morgan fingerprint density at radius 2 is 0.317 bits per heavy atom. The van der Waals surface area contributed by atoms with Gasteiger partial charge in [0.15, 0.2) is 0 Å². The number of benzene rings is 5. The molecule has 6 heteroatoms. The smallest absolute Gasteiger partial charge is 0.261 e. The molecule has 0 radical (unpaired) electrons. The highest BCUT2D eigenvalue weighted by atomic mass is 16.2. The van der Waals surface area contributed by atoms with E-state index in [0.29, 0.717) is 22.3 Å². The van der Waals surface area contributed by atoms with E-state index in [1.54, 1.807) is 9.80 Å². The van der Waals surface area contributed by atoms with Crippen molar-refractivity contribution >= 4 is 66.7 Å². The minimum atomic E-state index is -0.148. The Morgan fingerprint density at radius 1 is 0.183 bits per heavy atom. The second kappa shape index (κ2) is 54.3. The molecule has 2 aliphatic heterocycles. The Balaban J connectivity index is 0.980. The first-order valence-electron chi connectivity index (χ1n) is 46.3. The summed E-state index contributed by atoms with van der Waals surface area (Å²) in [6.45, 7) is 9.19. The highest BCUT2D eigenvalue weighted by molar-refractivity contribution is 6.41. The van der Waals surface area contributed by atoms with Crippen LogP contribution in [0.25, 0.3) is 43.1 Å². The van der Waals surface area contributed by atoms with Gasteiger partial charge in [0.2, 0.25) is 0 Å². The van der Waals surface area contributed by atoms with Crippen LogP contribution in [0.3, 0.4) is 0 Å². The number of imide groups is 2. The number of hydrogen-bond acceptors (Lipinski definition) is 4. The van der Waals surface area contributed by atoms with Gasteiger partial charge in [-0.15, -0.1) is 0 Å². The molecule has 0 saturated heterocycles. The molecule has 0 aliphatic carbocycles. The van der Waals surface area contributed by atoms with Gasteiger partial charge in [0.1, 0.15) is 0 Å². The number of carbonyl (C=O) groups excluding carboxylic acids is 4. The Bertz CT molecular complexity index is 2700. The van der Waals surface area contributed by atoms with Gasteiger partial charge in [-0.1, -0.05) is 463 Å². The number of amides is 4. The van der Waals surface area contributed by atoms with Gasteiger partial charge in [-0.3, -0.25) is 29.0 Å². The Morgan fingerprint density at radius 3 is 0.462 bits per heavy atom. The Hall–Kier alpha value is -4.32. The van der Waals surface area contributed by atoms with E-state index in [1.807, 2.05) is 24.3 Å². The largest absolute Gasteiger partial charge is 0.271 e. The molecule has 0 saturated carbocycles. The van der Waals surface area contributed by atoms with E-state index >= 15 is 19.2 Å². The van der Waals surface area contributed by atoms with Crippen molar-refractivity contribution in [3.05, 3.63) is 70.8 Å². The topological polar surface area (TPSA) is 74.8 Å². The second-order valence-electron chi connectivity index (χ2n) is 33.8. The number of nitrogens with zero attached hydrogens (tertiary/aromatic N) is 2. The maximum atomic E-state index is 15.3. The third-order valence-electron chi connectivity index (χ3n) is 25.0. The van der Waals surface area contributed by atoms with Gasteiger partial charge in [0.05, 0.1) is 0 Å². The quantitative estimate of drug-likeness (QED) is 0.0168. The zero-order valence-corrected chi connectivity index (χ0v) is 68.4. The van der Waals surface area contributed by atoms with Crippen molar-refractivity contribution in [1.29, 1.82) is 0 Å². The summed E-state index contributed by atoms with van der Waals surface area (Å²) in [4.78, 5) is 64.6. The summed E-state index contributed by atoms with van der Waals surface area (Å²) in [6, 6.07) is 16.1. The summed E-state index contributed by atoms with van der Waals surface area (Å²) >= 11 is 0. The van der Waals surface area contributed by atoms with E-state index in [0.717, 1.165) is 120 Å². The summed E-state index contributed by atoms with van der Waals surface area (Å²) in [5.41, 5.74) is 2.50. The molecule has 2 heterocycles. The predicted molar refractivity (Wildman–Crippen MR) is 453 cm³/mol. The maximum absolute atomic E-state index is 15.3. The minimum Gasteiger partial charge on any atom is -0.271 e. The van der Waals surface area contributed by atoms with E-state index in [1.165, 1.54) is 360 Å². The lowest BCUT2D eigenvalue weighted by Gasteiger charge is -2.35. The van der Waals surface area contributed by atoms with E-state index < -0.39 is 0 Å². The monoisotopic (exact) mass is 1430 g/mol. The van der Waals surface area contributed by atoms with Crippen LogP contribution in [-0.2, 0) is 0 Å². The highest BCUT2D eigenvalue weighted by Gasteiger charge is 2.41. The first-order chi connectivity index (χ1) is 51.4. The molecule has 5 aromatic rings. The molecular formula is C98H158N2O4. The molecule has 0 aromatic heterocycles. The minimum absolute atomic E-state index is 0.127. The van der Waals surface area contributed by atoms with Crippen LogP contribution < -0.4 is 0 Å². The lowest BCUT2D eigenvalue weighted by atomic mass is 9.81. The van der Waals surface area contributed by atoms with Crippen LogP contribution in [0.5, 0.6) is 0 Å². The maximum Gasteiger partial charge on any atom is 0.261 e. The summed E-state index contributed by atoms with van der Waals surface area (Å²) in [5, 5.41) is 7.28. The van der Waals surface area contributed by atoms with Crippen molar-refractivity contribution < 1.29 is 19.2 Å². The fourth-order valence-corrected chi connectivity index (χ4v) is 18.5. The lowest BCUT2D eigenvalue weighted by molar-refractivity contribution is 0.0501.